The molecule has 1 heterocycles. The van der Waals surface area contributed by atoms with Gasteiger partial charge in [0.25, 0.3) is 5.56 Å². The molecule has 0 bridgehead atoms. The first kappa shape index (κ1) is 18.4. The number of anilines is 1. The van der Waals surface area contributed by atoms with Gasteiger partial charge in [-0.3, -0.25) is 9.36 Å². The van der Waals surface area contributed by atoms with Gasteiger partial charge in [-0.25, -0.2) is 5.43 Å². The molecule has 29 heavy (non-hydrogen) atoms. The summed E-state index contributed by atoms with van der Waals surface area (Å²) in [7, 11) is 0. The predicted octanol–water partition coefficient (Wildman–Crippen LogP) is 4.23. The molecule has 3 aromatic carbocycles. The summed E-state index contributed by atoms with van der Waals surface area (Å²) < 4.78 is 7.33. The molecule has 0 amide bonds. The van der Waals surface area contributed by atoms with Crippen LogP contribution in [0.15, 0.2) is 88.8 Å². The smallest absolute Gasteiger partial charge is 0.282 e. The first-order valence-corrected chi connectivity index (χ1v) is 9.35. The average Bonchev–Trinajstić information content (AvgIpc) is 2.76. The lowest BCUT2D eigenvalue weighted by Gasteiger charge is -2.15. The number of hydrogen-bond donors (Lipinski definition) is 1. The van der Waals surface area contributed by atoms with Gasteiger partial charge in [0.1, 0.15) is 5.75 Å². The van der Waals surface area contributed by atoms with Gasteiger partial charge in [-0.15, -0.1) is 0 Å². The van der Waals surface area contributed by atoms with Crippen LogP contribution in [0.1, 0.15) is 12.5 Å². The molecule has 0 aliphatic carbocycles. The molecule has 1 N–H and O–H groups in total. The molecule has 0 saturated heterocycles. The number of aromatic nitrogens is 2. The Labute approximate surface area is 168 Å². The zero-order chi connectivity index (χ0) is 20.1. The van der Waals surface area contributed by atoms with Crippen LogP contribution in [0.2, 0.25) is 0 Å². The number of rotatable bonds is 6. The van der Waals surface area contributed by atoms with Gasteiger partial charge >= 0.3 is 0 Å². The molecular formula is C23H20N4O2. The molecule has 0 atom stereocenters. The van der Waals surface area contributed by atoms with Crippen molar-refractivity contribution in [3.63, 3.8) is 0 Å². The summed E-state index contributed by atoms with van der Waals surface area (Å²) in [6.07, 6.45) is 1.67. The van der Waals surface area contributed by atoms with Crippen molar-refractivity contribution in [3.05, 3.63) is 94.8 Å². The standard InChI is InChI=1S/C23H20N4O2/c1-2-29-19-14-12-17(13-15-19)16-24-26-23-25-22(28)20-10-6-7-11-21(20)27(23)18-8-4-3-5-9-18/h3-16H,2H2,1H3,(H,25,26,28)/b24-16-. The van der Waals surface area contributed by atoms with Crippen LogP contribution in [-0.4, -0.2) is 22.4 Å². The number of hydrazone groups is 1. The van der Waals surface area contributed by atoms with Crippen molar-refractivity contribution >= 4 is 23.1 Å². The fourth-order valence-corrected chi connectivity index (χ4v) is 3.06. The van der Waals surface area contributed by atoms with Crippen LogP contribution in [0.4, 0.5) is 5.95 Å². The van der Waals surface area contributed by atoms with E-state index >= 15 is 0 Å². The van der Waals surface area contributed by atoms with Crippen molar-refractivity contribution in [3.8, 4) is 11.4 Å². The second kappa shape index (κ2) is 8.39. The fraction of sp³-hybridized carbons (Fsp3) is 0.0870. The second-order valence-corrected chi connectivity index (χ2v) is 6.30. The largest absolute Gasteiger partial charge is 0.494 e. The molecule has 0 saturated carbocycles. The number of para-hydroxylation sites is 2. The third-order valence-electron chi connectivity index (χ3n) is 4.38. The van der Waals surface area contributed by atoms with Crippen molar-refractivity contribution in [1.29, 1.82) is 0 Å². The van der Waals surface area contributed by atoms with Crippen molar-refractivity contribution in [1.82, 2.24) is 9.55 Å². The van der Waals surface area contributed by atoms with E-state index in [-0.39, 0.29) is 5.56 Å². The molecule has 4 aromatic rings. The number of nitrogens with one attached hydrogen (secondary N) is 1. The van der Waals surface area contributed by atoms with Gasteiger partial charge in [-0.2, -0.15) is 10.1 Å². The molecule has 6 nitrogen and oxygen atoms in total. The van der Waals surface area contributed by atoms with E-state index in [0.717, 1.165) is 22.5 Å². The van der Waals surface area contributed by atoms with Crippen molar-refractivity contribution in [2.75, 3.05) is 12.0 Å². The minimum atomic E-state index is -0.299. The molecule has 4 rings (SSSR count). The van der Waals surface area contributed by atoms with E-state index in [2.05, 4.69) is 15.5 Å². The Morgan fingerprint density at radius 3 is 2.48 bits per heavy atom. The molecular weight excluding hydrogens is 364 g/mol. The summed E-state index contributed by atoms with van der Waals surface area (Å²) in [6.45, 7) is 2.57. The van der Waals surface area contributed by atoms with E-state index in [9.17, 15) is 4.79 Å². The van der Waals surface area contributed by atoms with Crippen LogP contribution < -0.4 is 15.7 Å². The monoisotopic (exact) mass is 384 g/mol. The molecule has 0 spiro atoms. The van der Waals surface area contributed by atoms with E-state index < -0.39 is 0 Å². The fourth-order valence-electron chi connectivity index (χ4n) is 3.06. The first-order chi connectivity index (χ1) is 14.3. The lowest BCUT2D eigenvalue weighted by atomic mass is 10.2. The minimum absolute atomic E-state index is 0.299. The molecule has 0 unspecified atom stereocenters. The van der Waals surface area contributed by atoms with Crippen LogP contribution in [-0.2, 0) is 0 Å². The average molecular weight is 384 g/mol. The van der Waals surface area contributed by atoms with Gasteiger partial charge in [-0.1, -0.05) is 30.3 Å². The Morgan fingerprint density at radius 2 is 1.72 bits per heavy atom. The maximum Gasteiger partial charge on any atom is 0.282 e. The van der Waals surface area contributed by atoms with Crippen molar-refractivity contribution < 1.29 is 4.74 Å². The van der Waals surface area contributed by atoms with Gasteiger partial charge in [0.15, 0.2) is 0 Å². The highest BCUT2D eigenvalue weighted by Crippen LogP contribution is 2.20. The maximum absolute atomic E-state index is 12.5. The Morgan fingerprint density at radius 1 is 1.00 bits per heavy atom. The molecule has 0 fully saturated rings. The third-order valence-corrected chi connectivity index (χ3v) is 4.38. The highest BCUT2D eigenvalue weighted by atomic mass is 16.5. The topological polar surface area (TPSA) is 68.5 Å². The SMILES string of the molecule is CCOc1ccc(/C=N\Nc2nc(=O)c3ccccc3n2-c2ccccc2)cc1. The van der Waals surface area contributed by atoms with Gasteiger partial charge in [0, 0.05) is 5.69 Å². The zero-order valence-corrected chi connectivity index (χ0v) is 15.9. The maximum atomic E-state index is 12.5. The quantitative estimate of drug-likeness (QED) is 0.399. The molecule has 0 aliphatic rings. The summed E-state index contributed by atoms with van der Waals surface area (Å²) in [5.74, 6) is 1.16. The van der Waals surface area contributed by atoms with Crippen LogP contribution in [0, 0.1) is 0 Å². The molecule has 144 valence electrons. The number of hydrogen-bond acceptors (Lipinski definition) is 5. The number of nitrogens with zero attached hydrogens (tertiary/aromatic N) is 3. The van der Waals surface area contributed by atoms with E-state index in [1.807, 2.05) is 84.3 Å². The third kappa shape index (κ3) is 4.01. The Bertz CT molecular complexity index is 1200. The number of fused-ring (bicyclic) bond motifs is 1. The summed E-state index contributed by atoms with van der Waals surface area (Å²) in [5.41, 5.74) is 5.17. The number of ether oxygens (including phenoxy) is 1. The molecule has 1 aromatic heterocycles. The van der Waals surface area contributed by atoms with Crippen molar-refractivity contribution in [2.45, 2.75) is 6.92 Å². The normalized spacial score (nSPS) is 11.1. The van der Waals surface area contributed by atoms with Crippen LogP contribution >= 0.6 is 0 Å². The summed E-state index contributed by atoms with van der Waals surface area (Å²) >= 11 is 0. The van der Waals surface area contributed by atoms with Gasteiger partial charge in [-0.05, 0) is 61.0 Å². The summed E-state index contributed by atoms with van der Waals surface area (Å²) in [5, 5.41) is 4.84. The van der Waals surface area contributed by atoms with E-state index in [1.165, 1.54) is 0 Å². The van der Waals surface area contributed by atoms with Crippen LogP contribution in [0.25, 0.3) is 16.6 Å². The lowest BCUT2D eigenvalue weighted by molar-refractivity contribution is 0.340. The highest BCUT2D eigenvalue weighted by Gasteiger charge is 2.11. The van der Waals surface area contributed by atoms with E-state index in [1.54, 1.807) is 12.3 Å². The Kier molecular flexibility index (Phi) is 5.33. The van der Waals surface area contributed by atoms with Crippen LogP contribution in [0.5, 0.6) is 5.75 Å². The van der Waals surface area contributed by atoms with Gasteiger partial charge in [0.2, 0.25) is 5.95 Å². The molecule has 0 radical (unpaired) electrons. The second-order valence-electron chi connectivity index (χ2n) is 6.30. The predicted molar refractivity (Wildman–Crippen MR) is 116 cm³/mol. The molecule has 0 aliphatic heterocycles. The summed E-state index contributed by atoms with van der Waals surface area (Å²) in [4.78, 5) is 16.7. The van der Waals surface area contributed by atoms with Crippen molar-refractivity contribution in [2.24, 2.45) is 5.10 Å². The van der Waals surface area contributed by atoms with Gasteiger partial charge < -0.3 is 4.74 Å². The first-order valence-electron chi connectivity index (χ1n) is 9.35. The van der Waals surface area contributed by atoms with Gasteiger partial charge in [0.05, 0.1) is 23.7 Å². The van der Waals surface area contributed by atoms with E-state index in [4.69, 9.17) is 4.74 Å². The number of benzene rings is 3. The van der Waals surface area contributed by atoms with Crippen LogP contribution in [0.3, 0.4) is 0 Å². The lowest BCUT2D eigenvalue weighted by Crippen LogP contribution is -2.16. The summed E-state index contributed by atoms with van der Waals surface area (Å²) in [6, 6.07) is 24.7. The molecule has 6 heteroatoms. The highest BCUT2D eigenvalue weighted by molar-refractivity contribution is 5.82. The van der Waals surface area contributed by atoms with E-state index in [0.29, 0.717) is 17.9 Å². The minimum Gasteiger partial charge on any atom is -0.494 e. The zero-order valence-electron chi connectivity index (χ0n) is 15.9. The Balaban J connectivity index is 1.71. The Hall–Kier alpha value is -3.93.